The van der Waals surface area contributed by atoms with Gasteiger partial charge in [0.25, 0.3) is 0 Å². The monoisotopic (exact) mass is 281 g/mol. The fourth-order valence-corrected chi connectivity index (χ4v) is 1.79. The lowest BCUT2D eigenvalue weighted by molar-refractivity contribution is -0.122. The summed E-state index contributed by atoms with van der Waals surface area (Å²) in [6.07, 6.45) is 0. The number of carbonyl (C=O) groups excluding carboxylic acids is 2. The van der Waals surface area contributed by atoms with E-state index >= 15 is 0 Å². The van der Waals surface area contributed by atoms with E-state index in [1.165, 1.54) is 11.0 Å². The molecule has 7 heteroatoms. The first-order chi connectivity index (χ1) is 9.42. The molecule has 110 valence electrons. The van der Waals surface area contributed by atoms with Crippen LogP contribution in [-0.4, -0.2) is 41.5 Å². The number of nitrogens with zero attached hydrogens (tertiary/aromatic N) is 1. The van der Waals surface area contributed by atoms with Crippen molar-refractivity contribution >= 4 is 11.8 Å². The van der Waals surface area contributed by atoms with Gasteiger partial charge in [-0.25, -0.2) is 0 Å². The van der Waals surface area contributed by atoms with E-state index in [0.29, 0.717) is 18.9 Å². The normalized spacial score (nSPS) is 10.5. The molecule has 1 aromatic rings. The minimum Gasteiger partial charge on any atom is -0.504 e. The molecule has 0 aromatic heterocycles. The van der Waals surface area contributed by atoms with Crippen LogP contribution in [0.5, 0.6) is 11.5 Å². The van der Waals surface area contributed by atoms with Crippen LogP contribution in [0.1, 0.15) is 12.5 Å². The van der Waals surface area contributed by atoms with E-state index in [1.807, 2.05) is 0 Å². The van der Waals surface area contributed by atoms with Crippen molar-refractivity contribution in [2.45, 2.75) is 13.5 Å². The second-order valence-corrected chi connectivity index (χ2v) is 4.31. The minimum atomic E-state index is -0.546. The van der Waals surface area contributed by atoms with Gasteiger partial charge in [0.15, 0.2) is 11.5 Å². The van der Waals surface area contributed by atoms with Crippen molar-refractivity contribution < 1.29 is 19.4 Å². The van der Waals surface area contributed by atoms with Crippen LogP contribution in [0.3, 0.4) is 0 Å². The Morgan fingerprint density at radius 1 is 1.25 bits per heavy atom. The third-order valence-corrected chi connectivity index (χ3v) is 2.49. The van der Waals surface area contributed by atoms with E-state index in [9.17, 15) is 14.7 Å². The van der Waals surface area contributed by atoms with E-state index in [-0.39, 0.29) is 18.8 Å². The Bertz CT molecular complexity index is 475. The number of nitrogens with two attached hydrogens (primary N) is 2. The third kappa shape index (κ3) is 5.15. The predicted molar refractivity (Wildman–Crippen MR) is 72.9 cm³/mol. The average molecular weight is 281 g/mol. The molecule has 2 amide bonds. The molecular weight excluding hydrogens is 262 g/mol. The summed E-state index contributed by atoms with van der Waals surface area (Å²) in [7, 11) is 0. The van der Waals surface area contributed by atoms with Crippen molar-refractivity contribution in [3.63, 3.8) is 0 Å². The molecular formula is C13H19N3O4. The fourth-order valence-electron chi connectivity index (χ4n) is 1.79. The summed E-state index contributed by atoms with van der Waals surface area (Å²) in [6, 6.07) is 4.81. The van der Waals surface area contributed by atoms with Crippen LogP contribution >= 0.6 is 0 Å². The molecule has 0 aliphatic heterocycles. The summed E-state index contributed by atoms with van der Waals surface area (Å²) in [5, 5.41) is 9.60. The summed E-state index contributed by atoms with van der Waals surface area (Å²) in [6.45, 7) is 2.37. The lowest BCUT2D eigenvalue weighted by Gasteiger charge is -2.19. The molecule has 0 spiro atoms. The summed E-state index contributed by atoms with van der Waals surface area (Å²) in [5.41, 5.74) is 11.0. The minimum absolute atomic E-state index is 0.0342. The molecule has 5 N–H and O–H groups in total. The number of primary amides is 2. The van der Waals surface area contributed by atoms with Gasteiger partial charge < -0.3 is 21.3 Å². The van der Waals surface area contributed by atoms with Crippen molar-refractivity contribution in [3.8, 4) is 11.5 Å². The van der Waals surface area contributed by atoms with Gasteiger partial charge in [-0.15, -0.1) is 0 Å². The third-order valence-electron chi connectivity index (χ3n) is 2.49. The average Bonchev–Trinajstić information content (AvgIpc) is 2.32. The highest BCUT2D eigenvalue weighted by atomic mass is 16.5. The maximum Gasteiger partial charge on any atom is 0.231 e. The summed E-state index contributed by atoms with van der Waals surface area (Å²) >= 11 is 0. The Morgan fingerprint density at radius 2 is 1.85 bits per heavy atom. The topological polar surface area (TPSA) is 119 Å². The summed E-state index contributed by atoms with van der Waals surface area (Å²) in [5.74, 6) is -0.708. The van der Waals surface area contributed by atoms with Crippen LogP contribution in [0.4, 0.5) is 0 Å². The molecule has 1 aromatic carbocycles. The second-order valence-electron chi connectivity index (χ2n) is 4.31. The first-order valence-electron chi connectivity index (χ1n) is 6.16. The maximum absolute atomic E-state index is 11.0. The predicted octanol–water partition coefficient (Wildman–Crippen LogP) is -0.436. The molecule has 0 heterocycles. The lowest BCUT2D eigenvalue weighted by Crippen LogP contribution is -2.39. The number of phenolic OH excluding ortho intramolecular Hbond substituents is 1. The Labute approximate surface area is 117 Å². The van der Waals surface area contributed by atoms with E-state index in [0.717, 1.165) is 5.56 Å². The number of ether oxygens (including phenoxy) is 1. The smallest absolute Gasteiger partial charge is 0.231 e. The van der Waals surface area contributed by atoms with Gasteiger partial charge in [-0.2, -0.15) is 0 Å². The van der Waals surface area contributed by atoms with Crippen molar-refractivity contribution in [2.24, 2.45) is 11.5 Å². The van der Waals surface area contributed by atoms with E-state index in [2.05, 4.69) is 0 Å². The second kappa shape index (κ2) is 7.34. The fraction of sp³-hybridized carbons (Fsp3) is 0.385. The van der Waals surface area contributed by atoms with Crippen LogP contribution in [0.25, 0.3) is 0 Å². The molecule has 1 rings (SSSR count). The number of hydrogen-bond donors (Lipinski definition) is 3. The first-order valence-corrected chi connectivity index (χ1v) is 6.16. The zero-order valence-electron chi connectivity index (χ0n) is 11.3. The van der Waals surface area contributed by atoms with Crippen LogP contribution in [-0.2, 0) is 16.1 Å². The zero-order chi connectivity index (χ0) is 15.1. The molecule has 7 nitrogen and oxygen atoms in total. The van der Waals surface area contributed by atoms with E-state index < -0.39 is 11.8 Å². The van der Waals surface area contributed by atoms with Crippen molar-refractivity contribution in [1.82, 2.24) is 4.90 Å². The molecule has 0 saturated heterocycles. The van der Waals surface area contributed by atoms with Crippen molar-refractivity contribution in [2.75, 3.05) is 19.7 Å². The molecule has 0 unspecified atom stereocenters. The van der Waals surface area contributed by atoms with Gasteiger partial charge in [0, 0.05) is 6.54 Å². The SMILES string of the molecule is CCOc1cc(CN(CC(N)=O)CC(N)=O)ccc1O. The molecule has 0 aliphatic rings. The summed E-state index contributed by atoms with van der Waals surface area (Å²) < 4.78 is 5.27. The number of carbonyl (C=O) groups is 2. The van der Waals surface area contributed by atoms with E-state index in [4.69, 9.17) is 16.2 Å². The molecule has 20 heavy (non-hydrogen) atoms. The van der Waals surface area contributed by atoms with Gasteiger partial charge in [-0.1, -0.05) is 6.07 Å². The van der Waals surface area contributed by atoms with Gasteiger partial charge in [-0.3, -0.25) is 14.5 Å². The van der Waals surface area contributed by atoms with Gasteiger partial charge in [0.2, 0.25) is 11.8 Å². The highest BCUT2D eigenvalue weighted by Crippen LogP contribution is 2.27. The number of phenols is 1. The first kappa shape index (κ1) is 15.8. The number of rotatable bonds is 8. The number of amides is 2. The molecule has 0 saturated carbocycles. The van der Waals surface area contributed by atoms with Crippen LogP contribution in [0.2, 0.25) is 0 Å². The lowest BCUT2D eigenvalue weighted by atomic mass is 10.2. The Morgan fingerprint density at radius 3 is 2.35 bits per heavy atom. The quantitative estimate of drug-likeness (QED) is 0.597. The molecule has 0 fully saturated rings. The Kier molecular flexibility index (Phi) is 5.79. The molecule has 0 atom stereocenters. The van der Waals surface area contributed by atoms with Crippen molar-refractivity contribution in [3.05, 3.63) is 23.8 Å². The van der Waals surface area contributed by atoms with E-state index in [1.54, 1.807) is 19.1 Å². The van der Waals surface area contributed by atoms with Crippen molar-refractivity contribution in [1.29, 1.82) is 0 Å². The van der Waals surface area contributed by atoms with Gasteiger partial charge >= 0.3 is 0 Å². The highest BCUT2D eigenvalue weighted by Gasteiger charge is 2.13. The molecule has 0 radical (unpaired) electrons. The van der Waals surface area contributed by atoms with Crippen LogP contribution in [0, 0.1) is 0 Å². The Balaban J connectivity index is 2.83. The standard InChI is InChI=1S/C13H19N3O4/c1-2-20-11-5-9(3-4-10(11)17)6-16(7-12(14)18)8-13(15)19/h3-5,17H,2,6-8H2,1H3,(H2,14,18)(H2,15,19). The van der Waals surface area contributed by atoms with Gasteiger partial charge in [0.05, 0.1) is 19.7 Å². The number of hydrogen-bond acceptors (Lipinski definition) is 5. The van der Waals surface area contributed by atoms with Gasteiger partial charge in [-0.05, 0) is 24.6 Å². The molecule has 0 aliphatic carbocycles. The van der Waals surface area contributed by atoms with Crippen LogP contribution < -0.4 is 16.2 Å². The maximum atomic E-state index is 11.0. The number of aromatic hydroxyl groups is 1. The summed E-state index contributed by atoms with van der Waals surface area (Å²) in [4.78, 5) is 23.5. The Hall–Kier alpha value is -2.28. The zero-order valence-corrected chi connectivity index (χ0v) is 11.3. The highest BCUT2D eigenvalue weighted by molar-refractivity contribution is 5.79. The molecule has 0 bridgehead atoms. The largest absolute Gasteiger partial charge is 0.504 e. The van der Waals surface area contributed by atoms with Gasteiger partial charge in [0.1, 0.15) is 0 Å². The number of benzene rings is 1. The van der Waals surface area contributed by atoms with Crippen LogP contribution in [0.15, 0.2) is 18.2 Å².